The summed E-state index contributed by atoms with van der Waals surface area (Å²) in [6, 6.07) is 8.12. The maximum atomic E-state index is 6.11. The average Bonchev–Trinajstić information content (AvgIpc) is 2.29. The van der Waals surface area contributed by atoms with Gasteiger partial charge < -0.3 is 10.2 Å². The van der Waals surface area contributed by atoms with Gasteiger partial charge in [-0.25, -0.2) is 0 Å². The Morgan fingerprint density at radius 2 is 1.76 bits per heavy atom. The van der Waals surface area contributed by atoms with Crippen molar-refractivity contribution in [2.24, 2.45) is 0 Å². The molecule has 5 heteroatoms. The van der Waals surface area contributed by atoms with Crippen molar-refractivity contribution in [3.05, 3.63) is 34.9 Å². The highest BCUT2D eigenvalue weighted by Crippen LogP contribution is 2.15. The smallest absolute Gasteiger partial charge is 0.0438 e. The van der Waals surface area contributed by atoms with Gasteiger partial charge in [-0.3, -0.25) is 0 Å². The van der Waals surface area contributed by atoms with Crippen LogP contribution < -0.4 is 5.32 Å². The van der Waals surface area contributed by atoms with Gasteiger partial charge in [-0.2, -0.15) is 0 Å². The molecule has 17 heavy (non-hydrogen) atoms. The van der Waals surface area contributed by atoms with Crippen molar-refractivity contribution in [1.29, 1.82) is 0 Å². The van der Waals surface area contributed by atoms with E-state index in [1.807, 2.05) is 12.1 Å². The zero-order valence-corrected chi connectivity index (χ0v) is 12.1. The first kappa shape index (κ1) is 17.0. The predicted molar refractivity (Wildman–Crippen MR) is 79.0 cm³/mol. The summed E-state index contributed by atoms with van der Waals surface area (Å²) in [4.78, 5) is 2.49. The fourth-order valence-corrected chi connectivity index (χ4v) is 2.14. The lowest BCUT2D eigenvalue weighted by molar-refractivity contribution is 0.244. The van der Waals surface area contributed by atoms with E-state index < -0.39 is 0 Å². The highest BCUT2D eigenvalue weighted by atomic mass is 35.5. The number of rotatable bonds is 3. The summed E-state index contributed by atoms with van der Waals surface area (Å²) < 4.78 is 0. The first-order valence-electron chi connectivity index (χ1n) is 5.53. The molecule has 1 aliphatic heterocycles. The Morgan fingerprint density at radius 1 is 1.12 bits per heavy atom. The topological polar surface area (TPSA) is 15.3 Å². The van der Waals surface area contributed by atoms with Crippen molar-refractivity contribution in [3.63, 3.8) is 0 Å². The summed E-state index contributed by atoms with van der Waals surface area (Å²) in [5.74, 6) is 0. The number of halogens is 3. The van der Waals surface area contributed by atoms with Crippen LogP contribution in [-0.4, -0.2) is 37.6 Å². The van der Waals surface area contributed by atoms with E-state index in [0.29, 0.717) is 0 Å². The Kier molecular flexibility index (Phi) is 9.01. The van der Waals surface area contributed by atoms with Gasteiger partial charge in [0.1, 0.15) is 0 Å². The van der Waals surface area contributed by atoms with E-state index >= 15 is 0 Å². The molecule has 2 rings (SSSR count). The lowest BCUT2D eigenvalue weighted by Gasteiger charge is -2.27. The van der Waals surface area contributed by atoms with Gasteiger partial charge in [-0.05, 0) is 18.1 Å². The van der Waals surface area contributed by atoms with Crippen LogP contribution in [0.25, 0.3) is 0 Å². The molecule has 0 aliphatic carbocycles. The Balaban J connectivity index is 0.00000128. The number of benzene rings is 1. The maximum absolute atomic E-state index is 6.11. The minimum absolute atomic E-state index is 0. The van der Waals surface area contributed by atoms with E-state index in [1.54, 1.807) is 0 Å². The number of nitrogens with zero attached hydrogens (tertiary/aromatic N) is 1. The largest absolute Gasteiger partial charge is 0.314 e. The Hall–Kier alpha value is 0.01000. The summed E-state index contributed by atoms with van der Waals surface area (Å²) in [7, 11) is 0. The molecule has 0 atom stereocenters. The molecule has 0 amide bonds. The van der Waals surface area contributed by atoms with E-state index in [1.165, 1.54) is 5.56 Å². The fourth-order valence-electron chi connectivity index (χ4n) is 1.91. The first-order chi connectivity index (χ1) is 7.36. The number of piperazine rings is 1. The van der Waals surface area contributed by atoms with Gasteiger partial charge in [-0.15, -0.1) is 24.8 Å². The number of hydrogen-bond donors (Lipinski definition) is 1. The van der Waals surface area contributed by atoms with E-state index in [-0.39, 0.29) is 24.8 Å². The molecule has 1 saturated heterocycles. The van der Waals surface area contributed by atoms with Gasteiger partial charge in [0, 0.05) is 37.7 Å². The van der Waals surface area contributed by atoms with Gasteiger partial charge in [0.2, 0.25) is 0 Å². The van der Waals surface area contributed by atoms with Crippen molar-refractivity contribution < 1.29 is 0 Å². The molecule has 1 heterocycles. The van der Waals surface area contributed by atoms with Crippen LogP contribution in [-0.2, 0) is 6.42 Å². The molecule has 1 aromatic carbocycles. The molecule has 0 bridgehead atoms. The lowest BCUT2D eigenvalue weighted by Crippen LogP contribution is -2.44. The highest BCUT2D eigenvalue weighted by molar-refractivity contribution is 6.31. The van der Waals surface area contributed by atoms with Crippen LogP contribution in [0.3, 0.4) is 0 Å². The summed E-state index contributed by atoms with van der Waals surface area (Å²) in [5, 5.41) is 4.25. The molecule has 1 N–H and O–H groups in total. The monoisotopic (exact) mass is 296 g/mol. The van der Waals surface area contributed by atoms with Gasteiger partial charge in [-0.1, -0.05) is 29.8 Å². The summed E-state index contributed by atoms with van der Waals surface area (Å²) in [5.41, 5.74) is 1.26. The van der Waals surface area contributed by atoms with Crippen LogP contribution in [0.1, 0.15) is 5.56 Å². The highest BCUT2D eigenvalue weighted by Gasteiger charge is 2.09. The van der Waals surface area contributed by atoms with Crippen molar-refractivity contribution in [2.45, 2.75) is 6.42 Å². The SMILES string of the molecule is Cl.Cl.Clc1ccccc1CCN1CCNCC1. The maximum Gasteiger partial charge on any atom is 0.0438 e. The molecule has 0 radical (unpaired) electrons. The first-order valence-corrected chi connectivity index (χ1v) is 5.90. The fraction of sp³-hybridized carbons (Fsp3) is 0.500. The predicted octanol–water partition coefficient (Wildman–Crippen LogP) is 2.63. The second-order valence-corrected chi connectivity index (χ2v) is 4.34. The molecule has 0 aromatic heterocycles. The van der Waals surface area contributed by atoms with E-state index in [4.69, 9.17) is 11.6 Å². The van der Waals surface area contributed by atoms with E-state index in [0.717, 1.165) is 44.2 Å². The minimum Gasteiger partial charge on any atom is -0.314 e. The van der Waals surface area contributed by atoms with Crippen LogP contribution in [0.2, 0.25) is 5.02 Å². The van der Waals surface area contributed by atoms with Gasteiger partial charge in [0.05, 0.1) is 0 Å². The van der Waals surface area contributed by atoms with Crippen molar-refractivity contribution >= 4 is 36.4 Å². The standard InChI is InChI=1S/C12H17ClN2.2ClH/c13-12-4-2-1-3-11(12)5-8-15-9-6-14-7-10-15;;/h1-4,14H,5-10H2;2*1H. The second-order valence-electron chi connectivity index (χ2n) is 3.93. The summed E-state index contributed by atoms with van der Waals surface area (Å²) in [6.45, 7) is 5.66. The lowest BCUT2D eigenvalue weighted by atomic mass is 10.1. The van der Waals surface area contributed by atoms with Crippen LogP contribution in [0.15, 0.2) is 24.3 Å². The van der Waals surface area contributed by atoms with E-state index in [2.05, 4.69) is 22.3 Å². The van der Waals surface area contributed by atoms with E-state index in [9.17, 15) is 0 Å². The molecule has 1 aromatic rings. The third-order valence-electron chi connectivity index (χ3n) is 2.86. The zero-order valence-electron chi connectivity index (χ0n) is 9.69. The summed E-state index contributed by atoms with van der Waals surface area (Å²) in [6.07, 6.45) is 1.06. The minimum atomic E-state index is 0. The van der Waals surface area contributed by atoms with Crippen LogP contribution >= 0.6 is 36.4 Å². The molecular weight excluding hydrogens is 279 g/mol. The van der Waals surface area contributed by atoms with Gasteiger partial charge in [0.25, 0.3) is 0 Å². The van der Waals surface area contributed by atoms with Gasteiger partial charge >= 0.3 is 0 Å². The summed E-state index contributed by atoms with van der Waals surface area (Å²) >= 11 is 6.11. The van der Waals surface area contributed by atoms with Crippen molar-refractivity contribution in [3.8, 4) is 0 Å². The third kappa shape index (κ3) is 5.45. The molecule has 1 fully saturated rings. The molecule has 1 aliphatic rings. The zero-order chi connectivity index (χ0) is 10.5. The quantitative estimate of drug-likeness (QED) is 0.923. The Bertz CT molecular complexity index is 314. The Morgan fingerprint density at radius 3 is 2.41 bits per heavy atom. The molecule has 0 spiro atoms. The normalized spacial score (nSPS) is 15.8. The molecular formula is C12H19Cl3N2. The molecule has 2 nitrogen and oxygen atoms in total. The third-order valence-corrected chi connectivity index (χ3v) is 3.23. The van der Waals surface area contributed by atoms with Gasteiger partial charge in [0.15, 0.2) is 0 Å². The average molecular weight is 298 g/mol. The van der Waals surface area contributed by atoms with Crippen LogP contribution in [0.5, 0.6) is 0 Å². The molecule has 98 valence electrons. The van der Waals surface area contributed by atoms with Crippen LogP contribution in [0, 0.1) is 0 Å². The number of hydrogen-bond acceptors (Lipinski definition) is 2. The van der Waals surface area contributed by atoms with Crippen molar-refractivity contribution in [2.75, 3.05) is 32.7 Å². The second kappa shape index (κ2) is 9.01. The van der Waals surface area contributed by atoms with Crippen molar-refractivity contribution in [1.82, 2.24) is 10.2 Å². The van der Waals surface area contributed by atoms with Crippen LogP contribution in [0.4, 0.5) is 0 Å². The number of nitrogens with one attached hydrogen (secondary N) is 1. The Labute approximate surface area is 121 Å². The molecule has 0 saturated carbocycles. The molecule has 0 unspecified atom stereocenters.